The number of rotatable bonds is 4. The lowest BCUT2D eigenvalue weighted by atomic mass is 10.1. The van der Waals surface area contributed by atoms with Gasteiger partial charge in [0.25, 0.3) is 0 Å². The summed E-state index contributed by atoms with van der Waals surface area (Å²) in [5.41, 5.74) is 0. The first-order valence-corrected chi connectivity index (χ1v) is 5.90. The summed E-state index contributed by atoms with van der Waals surface area (Å²) in [4.78, 5) is 46.6. The lowest BCUT2D eigenvalue weighted by Crippen LogP contribution is -2.61. The van der Waals surface area contributed by atoms with Crippen LogP contribution >= 0.6 is 0 Å². The second kappa shape index (κ2) is 6.17. The molecule has 1 fully saturated rings. The van der Waals surface area contributed by atoms with Crippen molar-refractivity contribution in [3.05, 3.63) is 0 Å². The highest BCUT2D eigenvalue weighted by Crippen LogP contribution is 2.11. The maximum atomic E-state index is 12.1. The Labute approximate surface area is 110 Å². The molecule has 0 radical (unpaired) electrons. The van der Waals surface area contributed by atoms with Crippen LogP contribution in [-0.2, 0) is 19.2 Å². The van der Waals surface area contributed by atoms with Gasteiger partial charge in [0.2, 0.25) is 17.7 Å². The summed E-state index contributed by atoms with van der Waals surface area (Å²) in [5, 5.41) is 13.7. The number of hydrogen-bond acceptors (Lipinski definition) is 4. The third kappa shape index (κ3) is 3.94. The van der Waals surface area contributed by atoms with Crippen molar-refractivity contribution in [3.63, 3.8) is 0 Å². The van der Waals surface area contributed by atoms with E-state index in [-0.39, 0.29) is 19.0 Å². The summed E-state index contributed by atoms with van der Waals surface area (Å²) in [6.07, 6.45) is -0.454. The van der Waals surface area contributed by atoms with E-state index in [2.05, 4.69) is 10.6 Å². The summed E-state index contributed by atoms with van der Waals surface area (Å²) in [6.45, 7) is 3.27. The number of aliphatic carboxylic acids is 1. The van der Waals surface area contributed by atoms with Crippen LogP contribution in [0.3, 0.4) is 0 Å². The Bertz CT molecular complexity index is 409. The standard InChI is InChI=1S/C11H17N3O5/c1-6(13-7(2)15)11(19)14-4-3-12-10(18)8(14)5-9(16)17/h6,8H,3-5H2,1-2H3,(H,12,18)(H,13,15)(H,16,17). The minimum Gasteiger partial charge on any atom is -0.481 e. The van der Waals surface area contributed by atoms with Crippen molar-refractivity contribution in [1.29, 1.82) is 0 Å². The van der Waals surface area contributed by atoms with Crippen LogP contribution in [0.4, 0.5) is 0 Å². The third-order valence-electron chi connectivity index (χ3n) is 2.77. The molecule has 2 unspecified atom stereocenters. The van der Waals surface area contributed by atoms with Gasteiger partial charge in [-0.1, -0.05) is 0 Å². The number of carbonyl (C=O) groups is 4. The quantitative estimate of drug-likeness (QED) is 0.564. The minimum absolute atomic E-state index is 0.229. The molecule has 1 heterocycles. The Balaban J connectivity index is 2.81. The van der Waals surface area contributed by atoms with Crippen LogP contribution < -0.4 is 10.6 Å². The zero-order chi connectivity index (χ0) is 14.6. The van der Waals surface area contributed by atoms with Crippen molar-refractivity contribution in [3.8, 4) is 0 Å². The zero-order valence-corrected chi connectivity index (χ0v) is 10.8. The van der Waals surface area contributed by atoms with Gasteiger partial charge >= 0.3 is 5.97 Å². The Morgan fingerprint density at radius 1 is 1.53 bits per heavy atom. The molecule has 3 N–H and O–H groups in total. The van der Waals surface area contributed by atoms with E-state index in [4.69, 9.17) is 5.11 Å². The monoisotopic (exact) mass is 271 g/mol. The highest BCUT2D eigenvalue weighted by Gasteiger charge is 2.36. The smallest absolute Gasteiger partial charge is 0.305 e. The summed E-state index contributed by atoms with van der Waals surface area (Å²) in [7, 11) is 0. The van der Waals surface area contributed by atoms with Gasteiger partial charge < -0.3 is 20.6 Å². The van der Waals surface area contributed by atoms with Crippen molar-refractivity contribution < 1.29 is 24.3 Å². The SMILES string of the molecule is CC(=O)NC(C)C(=O)N1CCNC(=O)C1CC(=O)O. The molecule has 0 bridgehead atoms. The van der Waals surface area contributed by atoms with Crippen LogP contribution in [0.1, 0.15) is 20.3 Å². The third-order valence-corrected chi connectivity index (χ3v) is 2.77. The molecule has 0 aromatic carbocycles. The maximum Gasteiger partial charge on any atom is 0.305 e. The number of carboxylic acids is 1. The Kier molecular flexibility index (Phi) is 4.85. The van der Waals surface area contributed by atoms with Gasteiger partial charge in [-0.15, -0.1) is 0 Å². The normalized spacial score (nSPS) is 20.4. The van der Waals surface area contributed by atoms with E-state index in [0.717, 1.165) is 0 Å². The molecule has 0 aromatic rings. The summed E-state index contributed by atoms with van der Waals surface area (Å²) in [6, 6.07) is -1.82. The van der Waals surface area contributed by atoms with E-state index in [1.54, 1.807) is 0 Å². The molecule has 1 aliphatic rings. The van der Waals surface area contributed by atoms with E-state index < -0.39 is 36.3 Å². The van der Waals surface area contributed by atoms with Gasteiger partial charge in [0.05, 0.1) is 6.42 Å². The van der Waals surface area contributed by atoms with Crippen molar-refractivity contribution in [1.82, 2.24) is 15.5 Å². The van der Waals surface area contributed by atoms with Crippen molar-refractivity contribution in [2.24, 2.45) is 0 Å². The number of nitrogens with one attached hydrogen (secondary N) is 2. The number of amides is 3. The summed E-state index contributed by atoms with van der Waals surface area (Å²) >= 11 is 0. The van der Waals surface area contributed by atoms with Crippen LogP contribution in [-0.4, -0.2) is 58.9 Å². The molecule has 2 atom stereocenters. The zero-order valence-electron chi connectivity index (χ0n) is 10.8. The van der Waals surface area contributed by atoms with Crippen LogP contribution in [0, 0.1) is 0 Å². The van der Waals surface area contributed by atoms with Crippen molar-refractivity contribution in [2.75, 3.05) is 13.1 Å². The number of hydrogen-bond donors (Lipinski definition) is 3. The maximum absolute atomic E-state index is 12.1. The molecular formula is C11H17N3O5. The molecule has 1 aliphatic heterocycles. The first kappa shape index (κ1) is 14.9. The number of carbonyl (C=O) groups excluding carboxylic acids is 3. The first-order chi connectivity index (χ1) is 8.82. The Morgan fingerprint density at radius 3 is 2.68 bits per heavy atom. The summed E-state index contributed by atoms with van der Waals surface area (Å²) in [5.74, 6) is -2.47. The van der Waals surface area contributed by atoms with Gasteiger partial charge in [-0.3, -0.25) is 19.2 Å². The molecule has 8 nitrogen and oxygen atoms in total. The first-order valence-electron chi connectivity index (χ1n) is 5.90. The number of carboxylic acid groups (broad SMARTS) is 1. The molecule has 3 amide bonds. The molecule has 19 heavy (non-hydrogen) atoms. The van der Waals surface area contributed by atoms with Gasteiger partial charge in [-0.2, -0.15) is 0 Å². The summed E-state index contributed by atoms with van der Waals surface area (Å²) < 4.78 is 0. The fourth-order valence-corrected chi connectivity index (χ4v) is 1.96. The highest BCUT2D eigenvalue weighted by molar-refractivity contribution is 5.94. The van der Waals surface area contributed by atoms with Gasteiger partial charge in [-0.05, 0) is 6.92 Å². The minimum atomic E-state index is -1.16. The fraction of sp³-hybridized carbons (Fsp3) is 0.636. The van der Waals surface area contributed by atoms with Crippen LogP contribution in [0.2, 0.25) is 0 Å². The van der Waals surface area contributed by atoms with Crippen molar-refractivity contribution in [2.45, 2.75) is 32.4 Å². The topological polar surface area (TPSA) is 116 Å². The van der Waals surface area contributed by atoms with Gasteiger partial charge in [0.15, 0.2) is 0 Å². The highest BCUT2D eigenvalue weighted by atomic mass is 16.4. The molecule has 1 saturated heterocycles. The van der Waals surface area contributed by atoms with E-state index in [9.17, 15) is 19.2 Å². The molecular weight excluding hydrogens is 254 g/mol. The lowest BCUT2D eigenvalue weighted by Gasteiger charge is -2.35. The van der Waals surface area contributed by atoms with Gasteiger partial charge in [0, 0.05) is 20.0 Å². The molecule has 1 rings (SSSR count). The average molecular weight is 271 g/mol. The second-order valence-electron chi connectivity index (χ2n) is 4.36. The van der Waals surface area contributed by atoms with E-state index in [1.165, 1.54) is 18.7 Å². The van der Waals surface area contributed by atoms with E-state index in [1.807, 2.05) is 0 Å². The predicted molar refractivity (Wildman–Crippen MR) is 64.0 cm³/mol. The van der Waals surface area contributed by atoms with E-state index >= 15 is 0 Å². The van der Waals surface area contributed by atoms with Crippen molar-refractivity contribution >= 4 is 23.7 Å². The van der Waals surface area contributed by atoms with Gasteiger partial charge in [0.1, 0.15) is 12.1 Å². The largest absolute Gasteiger partial charge is 0.481 e. The van der Waals surface area contributed by atoms with E-state index in [0.29, 0.717) is 0 Å². The molecule has 106 valence electrons. The second-order valence-corrected chi connectivity index (χ2v) is 4.36. The Hall–Kier alpha value is -2.12. The number of nitrogens with zero attached hydrogens (tertiary/aromatic N) is 1. The van der Waals surface area contributed by atoms with Crippen LogP contribution in [0.25, 0.3) is 0 Å². The average Bonchev–Trinajstić information content (AvgIpc) is 2.29. The van der Waals surface area contributed by atoms with Crippen LogP contribution in [0.15, 0.2) is 0 Å². The fourth-order valence-electron chi connectivity index (χ4n) is 1.96. The number of piperazine rings is 1. The predicted octanol–water partition coefficient (Wildman–Crippen LogP) is -1.69. The molecule has 0 spiro atoms. The molecule has 0 saturated carbocycles. The molecule has 8 heteroatoms. The lowest BCUT2D eigenvalue weighted by molar-refractivity contribution is -0.150. The molecule has 0 aromatic heterocycles. The van der Waals surface area contributed by atoms with Crippen LogP contribution in [0.5, 0.6) is 0 Å². The molecule has 0 aliphatic carbocycles. The van der Waals surface area contributed by atoms with Gasteiger partial charge in [-0.25, -0.2) is 0 Å². The Morgan fingerprint density at radius 2 is 2.16 bits per heavy atom.